The van der Waals surface area contributed by atoms with E-state index in [9.17, 15) is 9.18 Å². The number of halogens is 1. The van der Waals surface area contributed by atoms with E-state index >= 15 is 0 Å². The van der Waals surface area contributed by atoms with Crippen LogP contribution in [0.1, 0.15) is 24.8 Å². The van der Waals surface area contributed by atoms with Crippen molar-refractivity contribution in [1.29, 1.82) is 0 Å². The zero-order valence-corrected chi connectivity index (χ0v) is 10.7. The Kier molecular flexibility index (Phi) is 4.31. The summed E-state index contributed by atoms with van der Waals surface area (Å²) in [4.78, 5) is 13.5. The van der Waals surface area contributed by atoms with E-state index in [1.165, 1.54) is 25.0 Å². The van der Waals surface area contributed by atoms with Gasteiger partial charge in [-0.05, 0) is 30.5 Å². The summed E-state index contributed by atoms with van der Waals surface area (Å²) in [6.45, 7) is 1.28. The van der Waals surface area contributed by atoms with Gasteiger partial charge < -0.3 is 10.2 Å². The number of hydrogen-bond acceptors (Lipinski definition) is 2. The van der Waals surface area contributed by atoms with Gasteiger partial charge in [0.2, 0.25) is 5.91 Å². The van der Waals surface area contributed by atoms with Crippen molar-refractivity contribution in [2.45, 2.75) is 31.8 Å². The number of carbonyl (C=O) groups is 1. The molecule has 0 atom stereocenters. The highest BCUT2D eigenvalue weighted by molar-refractivity contribution is 5.76. The lowest BCUT2D eigenvalue weighted by Gasteiger charge is -2.17. The number of rotatable bonds is 6. The second-order valence-electron chi connectivity index (χ2n) is 4.85. The minimum Gasteiger partial charge on any atom is -0.341 e. The van der Waals surface area contributed by atoms with Crippen LogP contribution in [0.3, 0.4) is 0 Å². The van der Waals surface area contributed by atoms with E-state index in [0.29, 0.717) is 19.0 Å². The van der Waals surface area contributed by atoms with Gasteiger partial charge >= 0.3 is 0 Å². The van der Waals surface area contributed by atoms with Crippen molar-refractivity contribution in [3.8, 4) is 0 Å². The summed E-state index contributed by atoms with van der Waals surface area (Å²) < 4.78 is 12.7. The molecule has 0 saturated heterocycles. The van der Waals surface area contributed by atoms with Gasteiger partial charge in [-0.25, -0.2) is 4.39 Å². The first kappa shape index (κ1) is 13.0. The lowest BCUT2D eigenvalue weighted by molar-refractivity contribution is -0.130. The third-order valence-corrected chi connectivity index (χ3v) is 3.11. The van der Waals surface area contributed by atoms with Crippen molar-refractivity contribution < 1.29 is 9.18 Å². The molecule has 0 aliphatic heterocycles. The van der Waals surface area contributed by atoms with E-state index < -0.39 is 0 Å². The third-order valence-electron chi connectivity index (χ3n) is 3.11. The highest BCUT2D eigenvalue weighted by Crippen LogP contribution is 2.18. The van der Waals surface area contributed by atoms with Crippen LogP contribution in [0.25, 0.3) is 0 Å². The zero-order chi connectivity index (χ0) is 13.0. The second kappa shape index (κ2) is 5.96. The summed E-state index contributed by atoms with van der Waals surface area (Å²) in [5.41, 5.74) is 0.947. The van der Waals surface area contributed by atoms with Gasteiger partial charge in [0.05, 0.1) is 0 Å². The van der Waals surface area contributed by atoms with Crippen molar-refractivity contribution in [2.24, 2.45) is 0 Å². The van der Waals surface area contributed by atoms with Crippen LogP contribution >= 0.6 is 0 Å². The molecule has 1 aromatic carbocycles. The SMILES string of the molecule is CN(Cc1ccc(F)cc1)C(=O)CCNC1CC1. The first-order valence-corrected chi connectivity index (χ1v) is 6.37. The van der Waals surface area contributed by atoms with Crippen LogP contribution in [-0.4, -0.2) is 30.4 Å². The molecule has 4 heteroatoms. The molecule has 2 rings (SSSR count). The smallest absolute Gasteiger partial charge is 0.223 e. The number of nitrogens with one attached hydrogen (secondary N) is 1. The van der Waals surface area contributed by atoms with Gasteiger partial charge in [0.15, 0.2) is 0 Å². The molecule has 1 amide bonds. The Balaban J connectivity index is 1.73. The number of amides is 1. The fourth-order valence-electron chi connectivity index (χ4n) is 1.81. The second-order valence-corrected chi connectivity index (χ2v) is 4.85. The number of carbonyl (C=O) groups excluding carboxylic acids is 1. The lowest BCUT2D eigenvalue weighted by Crippen LogP contribution is -2.30. The van der Waals surface area contributed by atoms with Crippen LogP contribution in [0.15, 0.2) is 24.3 Å². The van der Waals surface area contributed by atoms with Crippen molar-refractivity contribution >= 4 is 5.91 Å². The Morgan fingerprint density at radius 3 is 2.67 bits per heavy atom. The molecule has 1 aliphatic rings. The highest BCUT2D eigenvalue weighted by atomic mass is 19.1. The number of nitrogens with zero attached hydrogens (tertiary/aromatic N) is 1. The first-order valence-electron chi connectivity index (χ1n) is 6.37. The summed E-state index contributed by atoms with van der Waals surface area (Å²) >= 11 is 0. The third kappa shape index (κ3) is 4.11. The maximum absolute atomic E-state index is 12.7. The topological polar surface area (TPSA) is 32.3 Å². The van der Waals surface area contributed by atoms with Gasteiger partial charge in [0, 0.05) is 32.6 Å². The van der Waals surface area contributed by atoms with Gasteiger partial charge in [-0.1, -0.05) is 12.1 Å². The van der Waals surface area contributed by atoms with Crippen molar-refractivity contribution in [3.63, 3.8) is 0 Å². The fourth-order valence-corrected chi connectivity index (χ4v) is 1.81. The van der Waals surface area contributed by atoms with Gasteiger partial charge in [0.1, 0.15) is 5.82 Å². The minimum absolute atomic E-state index is 0.118. The van der Waals surface area contributed by atoms with E-state index in [-0.39, 0.29) is 11.7 Å². The molecular formula is C14H19FN2O. The van der Waals surface area contributed by atoms with Crippen LogP contribution in [0.2, 0.25) is 0 Å². The normalized spacial score (nSPS) is 14.6. The maximum atomic E-state index is 12.7. The maximum Gasteiger partial charge on any atom is 0.223 e. The molecule has 0 radical (unpaired) electrons. The van der Waals surface area contributed by atoms with Gasteiger partial charge in [-0.2, -0.15) is 0 Å². The Morgan fingerprint density at radius 1 is 1.39 bits per heavy atom. The van der Waals surface area contributed by atoms with E-state index in [2.05, 4.69) is 5.32 Å². The van der Waals surface area contributed by atoms with Crippen LogP contribution in [-0.2, 0) is 11.3 Å². The number of hydrogen-bond donors (Lipinski definition) is 1. The Labute approximate surface area is 107 Å². The molecular weight excluding hydrogens is 231 g/mol. The predicted octanol–water partition coefficient (Wildman–Crippen LogP) is 1.93. The van der Waals surface area contributed by atoms with Crippen LogP contribution < -0.4 is 5.32 Å². The molecule has 0 spiro atoms. The largest absolute Gasteiger partial charge is 0.341 e. The minimum atomic E-state index is -0.249. The van der Waals surface area contributed by atoms with Crippen LogP contribution in [0.4, 0.5) is 4.39 Å². The summed E-state index contributed by atoms with van der Waals surface area (Å²) in [7, 11) is 1.78. The summed E-state index contributed by atoms with van der Waals surface area (Å²) in [5.74, 6) is -0.131. The Hall–Kier alpha value is -1.42. The average Bonchev–Trinajstić information content (AvgIpc) is 3.16. The molecule has 3 nitrogen and oxygen atoms in total. The number of benzene rings is 1. The zero-order valence-electron chi connectivity index (χ0n) is 10.7. The molecule has 1 aromatic rings. The molecule has 18 heavy (non-hydrogen) atoms. The summed E-state index contributed by atoms with van der Waals surface area (Å²) in [6.07, 6.45) is 2.99. The van der Waals surface area contributed by atoms with Crippen molar-refractivity contribution in [1.82, 2.24) is 10.2 Å². The predicted molar refractivity (Wildman–Crippen MR) is 68.5 cm³/mol. The Morgan fingerprint density at radius 2 is 2.06 bits per heavy atom. The monoisotopic (exact) mass is 250 g/mol. The van der Waals surface area contributed by atoms with E-state index in [0.717, 1.165) is 12.1 Å². The van der Waals surface area contributed by atoms with Crippen LogP contribution in [0, 0.1) is 5.82 Å². The Bertz CT molecular complexity index is 401. The average molecular weight is 250 g/mol. The summed E-state index contributed by atoms with van der Waals surface area (Å²) in [5, 5.41) is 3.32. The van der Waals surface area contributed by atoms with Crippen molar-refractivity contribution in [3.05, 3.63) is 35.6 Å². The van der Waals surface area contributed by atoms with E-state index in [1.807, 2.05) is 0 Å². The molecule has 0 heterocycles. The molecule has 1 aliphatic carbocycles. The van der Waals surface area contributed by atoms with Crippen LogP contribution in [0.5, 0.6) is 0 Å². The van der Waals surface area contributed by atoms with Gasteiger partial charge in [0.25, 0.3) is 0 Å². The molecule has 98 valence electrons. The van der Waals surface area contributed by atoms with Gasteiger partial charge in [-0.3, -0.25) is 4.79 Å². The molecule has 0 bridgehead atoms. The lowest BCUT2D eigenvalue weighted by atomic mass is 10.2. The quantitative estimate of drug-likeness (QED) is 0.836. The first-order chi connectivity index (χ1) is 8.65. The van der Waals surface area contributed by atoms with E-state index in [1.54, 1.807) is 24.1 Å². The highest BCUT2D eigenvalue weighted by Gasteiger charge is 2.20. The van der Waals surface area contributed by atoms with Crippen molar-refractivity contribution in [2.75, 3.05) is 13.6 Å². The summed E-state index contributed by atoms with van der Waals surface area (Å²) in [6, 6.07) is 6.90. The molecule has 1 N–H and O–H groups in total. The standard InChI is InChI=1S/C14H19FN2O/c1-17(10-11-2-4-12(15)5-3-11)14(18)8-9-16-13-6-7-13/h2-5,13,16H,6-10H2,1H3. The van der Waals surface area contributed by atoms with E-state index in [4.69, 9.17) is 0 Å². The van der Waals surface area contributed by atoms with Gasteiger partial charge in [-0.15, -0.1) is 0 Å². The molecule has 1 saturated carbocycles. The molecule has 0 unspecified atom stereocenters. The molecule has 0 aromatic heterocycles. The fraction of sp³-hybridized carbons (Fsp3) is 0.500. The molecule has 1 fully saturated rings.